The molecule has 202 valence electrons. The first kappa shape index (κ1) is 29.5. The van der Waals surface area contributed by atoms with Gasteiger partial charge in [-0.05, 0) is 67.3 Å². The molecule has 10 heteroatoms. The number of amides is 2. The molecule has 0 saturated carbocycles. The number of rotatable bonds is 10. The van der Waals surface area contributed by atoms with E-state index in [9.17, 15) is 18.0 Å². The van der Waals surface area contributed by atoms with Gasteiger partial charge in [-0.1, -0.05) is 66.5 Å². The average molecular weight is 577 g/mol. The van der Waals surface area contributed by atoms with Gasteiger partial charge in [0.05, 0.1) is 10.6 Å². The van der Waals surface area contributed by atoms with Crippen LogP contribution in [0.15, 0.2) is 71.6 Å². The smallest absolute Gasteiger partial charge is 0.264 e. The summed E-state index contributed by atoms with van der Waals surface area (Å²) in [6, 6.07) is 17.4. The van der Waals surface area contributed by atoms with E-state index in [2.05, 4.69) is 5.32 Å². The number of nitrogens with zero attached hydrogens (tertiary/aromatic N) is 2. The Labute approximate surface area is 234 Å². The van der Waals surface area contributed by atoms with Crippen molar-refractivity contribution >= 4 is 50.7 Å². The van der Waals surface area contributed by atoms with E-state index in [1.807, 2.05) is 19.1 Å². The Morgan fingerprint density at radius 2 is 1.66 bits per heavy atom. The number of likely N-dealkylation sites (N-methyl/N-ethyl adjacent to an activating group) is 1. The van der Waals surface area contributed by atoms with Crippen molar-refractivity contribution in [1.29, 1.82) is 0 Å². The third-order valence-electron chi connectivity index (χ3n) is 6.23. The fraction of sp³-hybridized carbons (Fsp3) is 0.286. The Morgan fingerprint density at radius 3 is 2.26 bits per heavy atom. The standard InChI is InChI=1S/C28H31Cl2N3O4S/c1-5-25(28(35)31-4)32(17-21-13-14-22(29)16-24(21)30)27(34)18-33(26-15-19(2)11-12-20(26)3)38(36,37)23-9-7-6-8-10-23/h6-16,25H,5,17-18H2,1-4H3,(H,31,35)/t25-/m1/s1. The van der Waals surface area contributed by atoms with Crippen molar-refractivity contribution < 1.29 is 18.0 Å². The summed E-state index contributed by atoms with van der Waals surface area (Å²) in [5.41, 5.74) is 2.50. The van der Waals surface area contributed by atoms with E-state index in [-0.39, 0.29) is 17.3 Å². The molecule has 3 rings (SSSR count). The van der Waals surface area contributed by atoms with Crippen molar-refractivity contribution in [3.8, 4) is 0 Å². The zero-order valence-corrected chi connectivity index (χ0v) is 24.1. The van der Waals surface area contributed by atoms with Gasteiger partial charge in [-0.25, -0.2) is 8.42 Å². The summed E-state index contributed by atoms with van der Waals surface area (Å²) in [5, 5.41) is 3.37. The lowest BCUT2D eigenvalue weighted by Crippen LogP contribution is -2.51. The number of hydrogen-bond donors (Lipinski definition) is 1. The van der Waals surface area contributed by atoms with Crippen LogP contribution < -0.4 is 9.62 Å². The molecule has 0 radical (unpaired) electrons. The van der Waals surface area contributed by atoms with Crippen LogP contribution in [0.2, 0.25) is 10.0 Å². The lowest BCUT2D eigenvalue weighted by Gasteiger charge is -2.33. The van der Waals surface area contributed by atoms with Gasteiger partial charge in [0.1, 0.15) is 12.6 Å². The Kier molecular flexibility index (Phi) is 9.82. The van der Waals surface area contributed by atoms with Crippen LogP contribution in [0.1, 0.15) is 30.0 Å². The highest BCUT2D eigenvalue weighted by molar-refractivity contribution is 7.92. The minimum absolute atomic E-state index is 0.00716. The van der Waals surface area contributed by atoms with Gasteiger partial charge in [0.15, 0.2) is 0 Å². The summed E-state index contributed by atoms with van der Waals surface area (Å²) in [5.74, 6) is -0.915. The summed E-state index contributed by atoms with van der Waals surface area (Å²) in [4.78, 5) is 28.2. The van der Waals surface area contributed by atoms with Gasteiger partial charge >= 0.3 is 0 Å². The molecule has 0 aliphatic carbocycles. The second-order valence-corrected chi connectivity index (χ2v) is 11.6. The van der Waals surface area contributed by atoms with Crippen molar-refractivity contribution in [2.24, 2.45) is 0 Å². The molecule has 1 N–H and O–H groups in total. The number of hydrogen-bond acceptors (Lipinski definition) is 4. The predicted molar refractivity (Wildman–Crippen MR) is 152 cm³/mol. The highest BCUT2D eigenvalue weighted by Gasteiger charge is 2.34. The van der Waals surface area contributed by atoms with Crippen LogP contribution in [-0.2, 0) is 26.2 Å². The van der Waals surface area contributed by atoms with Gasteiger partial charge in [0.25, 0.3) is 10.0 Å². The van der Waals surface area contributed by atoms with Gasteiger partial charge in [0.2, 0.25) is 11.8 Å². The van der Waals surface area contributed by atoms with Crippen molar-refractivity contribution in [3.05, 3.63) is 93.5 Å². The summed E-state index contributed by atoms with van der Waals surface area (Å²) in [6.45, 7) is 4.91. The van der Waals surface area contributed by atoms with Gasteiger partial charge in [-0.15, -0.1) is 0 Å². The van der Waals surface area contributed by atoms with Crippen molar-refractivity contribution in [3.63, 3.8) is 0 Å². The fourth-order valence-electron chi connectivity index (χ4n) is 4.14. The molecule has 1 atom stereocenters. The van der Waals surface area contributed by atoms with Crippen molar-refractivity contribution in [1.82, 2.24) is 10.2 Å². The molecular weight excluding hydrogens is 545 g/mol. The zero-order valence-electron chi connectivity index (χ0n) is 21.7. The Morgan fingerprint density at radius 1 is 0.974 bits per heavy atom. The van der Waals surface area contributed by atoms with E-state index in [0.717, 1.165) is 9.87 Å². The number of sulfonamides is 1. The maximum Gasteiger partial charge on any atom is 0.264 e. The van der Waals surface area contributed by atoms with Crippen LogP contribution in [0.4, 0.5) is 5.69 Å². The maximum absolute atomic E-state index is 14.0. The molecule has 0 aliphatic heterocycles. The fourth-order valence-corrected chi connectivity index (χ4v) is 6.10. The second kappa shape index (κ2) is 12.7. The van der Waals surface area contributed by atoms with Crippen molar-refractivity contribution in [2.75, 3.05) is 17.9 Å². The molecule has 0 spiro atoms. The topological polar surface area (TPSA) is 86.8 Å². The number of halogens is 2. The molecule has 7 nitrogen and oxygen atoms in total. The monoisotopic (exact) mass is 575 g/mol. The molecule has 0 aromatic heterocycles. The Bertz CT molecular complexity index is 1410. The third kappa shape index (κ3) is 6.67. The van der Waals surface area contributed by atoms with E-state index in [0.29, 0.717) is 33.3 Å². The summed E-state index contributed by atoms with van der Waals surface area (Å²) < 4.78 is 28.9. The molecule has 3 aromatic carbocycles. The minimum Gasteiger partial charge on any atom is -0.357 e. The lowest BCUT2D eigenvalue weighted by molar-refractivity contribution is -0.140. The van der Waals surface area contributed by atoms with Crippen LogP contribution in [0.3, 0.4) is 0 Å². The molecule has 2 amide bonds. The first-order valence-electron chi connectivity index (χ1n) is 12.1. The number of benzene rings is 3. The van der Waals surface area contributed by atoms with E-state index in [4.69, 9.17) is 23.2 Å². The van der Waals surface area contributed by atoms with Gasteiger partial charge < -0.3 is 10.2 Å². The van der Waals surface area contributed by atoms with Gasteiger partial charge in [-0.2, -0.15) is 0 Å². The molecule has 38 heavy (non-hydrogen) atoms. The minimum atomic E-state index is -4.13. The van der Waals surface area contributed by atoms with Crippen LogP contribution >= 0.6 is 23.2 Å². The molecule has 0 bridgehead atoms. The third-order valence-corrected chi connectivity index (χ3v) is 8.59. The average Bonchev–Trinajstić information content (AvgIpc) is 2.90. The molecule has 0 fully saturated rings. The quantitative estimate of drug-likeness (QED) is 0.352. The molecule has 3 aromatic rings. The predicted octanol–water partition coefficient (Wildman–Crippen LogP) is 5.36. The maximum atomic E-state index is 14.0. The van der Waals surface area contributed by atoms with E-state index in [1.54, 1.807) is 56.3 Å². The van der Waals surface area contributed by atoms with E-state index < -0.39 is 28.5 Å². The Balaban J connectivity index is 2.11. The molecule has 0 heterocycles. The van der Waals surface area contributed by atoms with Crippen LogP contribution in [0.25, 0.3) is 0 Å². The summed E-state index contributed by atoms with van der Waals surface area (Å²) in [6.07, 6.45) is 0.311. The first-order chi connectivity index (χ1) is 18.0. The summed E-state index contributed by atoms with van der Waals surface area (Å²) >= 11 is 12.5. The number of carbonyl (C=O) groups excluding carboxylic acids is 2. The summed E-state index contributed by atoms with van der Waals surface area (Å²) in [7, 11) is -2.63. The molecular formula is C28H31Cl2N3O4S. The van der Waals surface area contributed by atoms with Crippen LogP contribution in [-0.4, -0.2) is 44.8 Å². The largest absolute Gasteiger partial charge is 0.357 e. The normalized spacial score (nSPS) is 12.1. The first-order valence-corrected chi connectivity index (χ1v) is 14.3. The van der Waals surface area contributed by atoms with Crippen molar-refractivity contribution in [2.45, 2.75) is 44.7 Å². The Hall–Kier alpha value is -3.07. The van der Waals surface area contributed by atoms with Gasteiger partial charge in [-0.3, -0.25) is 13.9 Å². The number of carbonyl (C=O) groups is 2. The lowest BCUT2D eigenvalue weighted by atomic mass is 10.1. The van der Waals surface area contributed by atoms with E-state index in [1.165, 1.54) is 24.1 Å². The van der Waals surface area contributed by atoms with Crippen LogP contribution in [0, 0.1) is 13.8 Å². The molecule has 0 unspecified atom stereocenters. The highest BCUT2D eigenvalue weighted by Crippen LogP contribution is 2.29. The molecule has 0 aliphatic rings. The van der Waals surface area contributed by atoms with E-state index >= 15 is 0 Å². The van der Waals surface area contributed by atoms with Gasteiger partial charge in [0, 0.05) is 23.6 Å². The highest BCUT2D eigenvalue weighted by atomic mass is 35.5. The number of anilines is 1. The van der Waals surface area contributed by atoms with Crippen LogP contribution in [0.5, 0.6) is 0 Å². The number of nitrogens with one attached hydrogen (secondary N) is 1. The zero-order chi connectivity index (χ0) is 28.0. The SMILES string of the molecule is CC[C@H](C(=O)NC)N(Cc1ccc(Cl)cc1Cl)C(=O)CN(c1cc(C)ccc1C)S(=O)(=O)c1ccccc1. The molecule has 0 saturated heterocycles. The number of aryl methyl sites for hydroxylation is 2. The second-order valence-electron chi connectivity index (χ2n) is 8.91.